The molecule has 0 bridgehead atoms. The van der Waals surface area contributed by atoms with E-state index < -0.39 is 0 Å². The molecule has 0 saturated heterocycles. The largest absolute Gasteiger partial charge is 0.495 e. The van der Waals surface area contributed by atoms with Gasteiger partial charge in [-0.05, 0) is 36.5 Å². The minimum Gasteiger partial charge on any atom is -0.495 e. The van der Waals surface area contributed by atoms with Gasteiger partial charge in [0.05, 0.1) is 12.1 Å². The molecule has 0 spiro atoms. The van der Waals surface area contributed by atoms with Crippen LogP contribution in [-0.4, -0.2) is 7.11 Å². The van der Waals surface area contributed by atoms with Gasteiger partial charge in [-0.1, -0.05) is 36.9 Å². The maximum Gasteiger partial charge on any atom is 0.137 e. The minimum atomic E-state index is 0.112. The molecule has 1 saturated carbocycles. The molecule has 0 aliphatic heterocycles. The minimum absolute atomic E-state index is 0.112. The Bertz CT molecular complexity index is 374. The van der Waals surface area contributed by atoms with Gasteiger partial charge in [-0.2, -0.15) is 0 Å². The Labute approximate surface area is 108 Å². The van der Waals surface area contributed by atoms with E-state index in [0.717, 1.165) is 11.3 Å². The van der Waals surface area contributed by atoms with E-state index in [9.17, 15) is 0 Å². The fourth-order valence-corrected chi connectivity index (χ4v) is 2.84. The lowest BCUT2D eigenvalue weighted by Crippen LogP contribution is -2.23. The molecule has 0 unspecified atom stereocenters. The molecule has 0 radical (unpaired) electrons. The van der Waals surface area contributed by atoms with Crippen molar-refractivity contribution < 1.29 is 4.74 Å². The van der Waals surface area contributed by atoms with Gasteiger partial charge in [-0.3, -0.25) is 0 Å². The van der Waals surface area contributed by atoms with Crippen molar-refractivity contribution in [2.75, 3.05) is 7.11 Å². The summed E-state index contributed by atoms with van der Waals surface area (Å²) in [5, 5.41) is 0.645. The molecule has 3 heteroatoms. The summed E-state index contributed by atoms with van der Waals surface area (Å²) >= 11 is 6.02. The zero-order valence-electron chi connectivity index (χ0n) is 10.3. The molecule has 94 valence electrons. The van der Waals surface area contributed by atoms with Gasteiger partial charge in [0.1, 0.15) is 5.75 Å². The van der Waals surface area contributed by atoms with Crippen molar-refractivity contribution in [3.05, 3.63) is 28.8 Å². The molecule has 0 heterocycles. The first-order chi connectivity index (χ1) is 8.22. The van der Waals surface area contributed by atoms with Crippen molar-refractivity contribution >= 4 is 11.6 Å². The quantitative estimate of drug-likeness (QED) is 0.886. The van der Waals surface area contributed by atoms with E-state index in [2.05, 4.69) is 0 Å². The van der Waals surface area contributed by atoms with E-state index in [1.54, 1.807) is 7.11 Å². The maximum absolute atomic E-state index is 6.34. The standard InChI is InChI=1S/C14H20ClNO/c1-17-13-9-11(7-8-12(13)15)14(16)10-5-3-2-4-6-10/h7-10,14H,2-6,16H2,1H3/t14-/m1/s1. The fourth-order valence-electron chi connectivity index (χ4n) is 2.65. The van der Waals surface area contributed by atoms with E-state index in [4.69, 9.17) is 22.1 Å². The molecule has 1 aliphatic carbocycles. The van der Waals surface area contributed by atoms with Crippen LogP contribution in [0.5, 0.6) is 5.75 Å². The van der Waals surface area contributed by atoms with Gasteiger partial charge >= 0.3 is 0 Å². The Balaban J connectivity index is 2.15. The second-order valence-electron chi connectivity index (χ2n) is 4.82. The summed E-state index contributed by atoms with van der Waals surface area (Å²) < 4.78 is 5.24. The highest BCUT2D eigenvalue weighted by molar-refractivity contribution is 6.32. The lowest BCUT2D eigenvalue weighted by Gasteiger charge is -2.28. The highest BCUT2D eigenvalue weighted by Gasteiger charge is 2.22. The van der Waals surface area contributed by atoms with Crippen molar-refractivity contribution in [3.63, 3.8) is 0 Å². The van der Waals surface area contributed by atoms with E-state index in [1.807, 2.05) is 18.2 Å². The van der Waals surface area contributed by atoms with Gasteiger partial charge in [0.15, 0.2) is 0 Å². The van der Waals surface area contributed by atoms with Crippen LogP contribution in [0.25, 0.3) is 0 Å². The average molecular weight is 254 g/mol. The lowest BCUT2D eigenvalue weighted by atomic mass is 9.81. The number of rotatable bonds is 3. The van der Waals surface area contributed by atoms with Crippen LogP contribution in [0, 0.1) is 5.92 Å². The number of methoxy groups -OCH3 is 1. The van der Waals surface area contributed by atoms with E-state index >= 15 is 0 Å². The third-order valence-corrected chi connectivity index (χ3v) is 4.03. The zero-order valence-corrected chi connectivity index (χ0v) is 11.0. The molecule has 1 fully saturated rings. The third-order valence-electron chi connectivity index (χ3n) is 3.72. The van der Waals surface area contributed by atoms with Gasteiger partial charge in [0.25, 0.3) is 0 Å². The van der Waals surface area contributed by atoms with Crippen LogP contribution in [0.2, 0.25) is 5.02 Å². The Morgan fingerprint density at radius 1 is 1.29 bits per heavy atom. The number of nitrogens with two attached hydrogens (primary N) is 1. The van der Waals surface area contributed by atoms with E-state index in [0.29, 0.717) is 10.9 Å². The van der Waals surface area contributed by atoms with Crippen LogP contribution in [-0.2, 0) is 0 Å². The van der Waals surface area contributed by atoms with Crippen molar-refractivity contribution in [1.82, 2.24) is 0 Å². The Morgan fingerprint density at radius 3 is 2.65 bits per heavy atom. The summed E-state index contributed by atoms with van der Waals surface area (Å²) in [5.74, 6) is 1.32. The van der Waals surface area contributed by atoms with Crippen molar-refractivity contribution in [2.24, 2.45) is 11.7 Å². The van der Waals surface area contributed by atoms with Crippen LogP contribution in [0.15, 0.2) is 18.2 Å². The predicted molar refractivity (Wildman–Crippen MR) is 71.5 cm³/mol. The molecular formula is C14H20ClNO. The van der Waals surface area contributed by atoms with Gasteiger partial charge in [0, 0.05) is 6.04 Å². The fraction of sp³-hybridized carbons (Fsp3) is 0.571. The monoisotopic (exact) mass is 253 g/mol. The van der Waals surface area contributed by atoms with E-state index in [1.165, 1.54) is 32.1 Å². The predicted octanol–water partition coefficient (Wildman–Crippen LogP) is 3.93. The van der Waals surface area contributed by atoms with E-state index in [-0.39, 0.29) is 6.04 Å². The summed E-state index contributed by atoms with van der Waals surface area (Å²) in [5.41, 5.74) is 7.48. The van der Waals surface area contributed by atoms with Gasteiger partial charge < -0.3 is 10.5 Å². The second kappa shape index (κ2) is 5.74. The first-order valence-electron chi connectivity index (χ1n) is 6.31. The molecular weight excluding hydrogens is 234 g/mol. The molecule has 1 atom stereocenters. The summed E-state index contributed by atoms with van der Waals surface area (Å²) in [6.45, 7) is 0. The Hall–Kier alpha value is -0.730. The van der Waals surface area contributed by atoms with Crippen LogP contribution >= 0.6 is 11.6 Å². The molecule has 2 rings (SSSR count). The van der Waals surface area contributed by atoms with Crippen molar-refractivity contribution in [3.8, 4) is 5.75 Å². The Morgan fingerprint density at radius 2 is 2.00 bits per heavy atom. The second-order valence-corrected chi connectivity index (χ2v) is 5.23. The maximum atomic E-state index is 6.34. The summed E-state index contributed by atoms with van der Waals surface area (Å²) in [6.07, 6.45) is 6.46. The van der Waals surface area contributed by atoms with Gasteiger partial charge in [0.2, 0.25) is 0 Å². The SMILES string of the molecule is COc1cc([C@H](N)C2CCCCC2)ccc1Cl. The number of hydrogen-bond donors (Lipinski definition) is 1. The van der Waals surface area contributed by atoms with Crippen molar-refractivity contribution in [1.29, 1.82) is 0 Å². The molecule has 0 aromatic heterocycles. The lowest BCUT2D eigenvalue weighted by molar-refractivity contribution is 0.307. The normalized spacial score (nSPS) is 19.0. The molecule has 0 amide bonds. The molecule has 1 aliphatic rings. The molecule has 1 aromatic carbocycles. The summed E-state index contributed by atoms with van der Waals surface area (Å²) in [6, 6.07) is 5.98. The van der Waals surface area contributed by atoms with Crippen LogP contribution in [0.3, 0.4) is 0 Å². The molecule has 17 heavy (non-hydrogen) atoms. The summed E-state index contributed by atoms with van der Waals surface area (Å²) in [7, 11) is 1.64. The Kier molecular flexibility index (Phi) is 4.30. The first kappa shape index (κ1) is 12.7. The molecule has 2 nitrogen and oxygen atoms in total. The zero-order chi connectivity index (χ0) is 12.3. The van der Waals surface area contributed by atoms with Crippen LogP contribution in [0.4, 0.5) is 0 Å². The van der Waals surface area contributed by atoms with Gasteiger partial charge in [-0.25, -0.2) is 0 Å². The smallest absolute Gasteiger partial charge is 0.137 e. The number of halogens is 1. The molecule has 2 N–H and O–H groups in total. The third kappa shape index (κ3) is 2.93. The number of benzene rings is 1. The number of ether oxygens (including phenoxy) is 1. The van der Waals surface area contributed by atoms with Gasteiger partial charge in [-0.15, -0.1) is 0 Å². The average Bonchev–Trinajstić information content (AvgIpc) is 2.39. The first-order valence-corrected chi connectivity index (χ1v) is 6.69. The van der Waals surface area contributed by atoms with Crippen LogP contribution in [0.1, 0.15) is 43.7 Å². The highest BCUT2D eigenvalue weighted by Crippen LogP contribution is 2.35. The summed E-state index contributed by atoms with van der Waals surface area (Å²) in [4.78, 5) is 0. The number of hydrogen-bond acceptors (Lipinski definition) is 2. The van der Waals surface area contributed by atoms with Crippen LogP contribution < -0.4 is 10.5 Å². The van der Waals surface area contributed by atoms with Crippen molar-refractivity contribution in [2.45, 2.75) is 38.1 Å². The highest BCUT2D eigenvalue weighted by atomic mass is 35.5. The molecule has 1 aromatic rings. The topological polar surface area (TPSA) is 35.2 Å².